The summed E-state index contributed by atoms with van der Waals surface area (Å²) in [5.74, 6) is -0.719. The first-order valence-corrected chi connectivity index (χ1v) is 8.76. The molecule has 2 N–H and O–H groups in total. The lowest BCUT2D eigenvalue weighted by atomic mass is 10.1. The lowest BCUT2D eigenvalue weighted by Crippen LogP contribution is -2.11. The fraction of sp³-hybridized carbons (Fsp3) is 0.0526. The van der Waals surface area contributed by atoms with E-state index in [1.54, 1.807) is 29.5 Å². The molecule has 0 fully saturated rings. The van der Waals surface area contributed by atoms with Crippen LogP contribution in [0.1, 0.15) is 22.6 Å². The van der Waals surface area contributed by atoms with Crippen LogP contribution in [0, 0.1) is 0 Å². The molecule has 26 heavy (non-hydrogen) atoms. The maximum Gasteiger partial charge on any atom is 0.295 e. The van der Waals surface area contributed by atoms with Crippen molar-refractivity contribution < 1.29 is 13.6 Å². The Kier molecular flexibility index (Phi) is 4.22. The minimum atomic E-state index is -2.68. The van der Waals surface area contributed by atoms with Gasteiger partial charge in [-0.1, -0.05) is 12.1 Å². The van der Waals surface area contributed by atoms with Gasteiger partial charge in [-0.05, 0) is 58.3 Å². The summed E-state index contributed by atoms with van der Waals surface area (Å²) in [6, 6.07) is 14.2. The molecule has 4 aromatic rings. The molecule has 0 spiro atoms. The quantitative estimate of drug-likeness (QED) is 0.500. The zero-order valence-electron chi connectivity index (χ0n) is 13.4. The number of aromatic nitrogens is 2. The highest BCUT2D eigenvalue weighted by Crippen LogP contribution is 2.25. The number of hydrogen-bond donors (Lipinski definition) is 2. The minimum Gasteiger partial charge on any atom is -0.337 e. The maximum atomic E-state index is 12.7. The Balaban J connectivity index is 1.58. The molecule has 7 heteroatoms. The largest absolute Gasteiger partial charge is 0.337 e. The van der Waals surface area contributed by atoms with E-state index in [1.165, 1.54) is 6.07 Å². The van der Waals surface area contributed by atoms with Crippen molar-refractivity contribution in [2.24, 2.45) is 0 Å². The molecular weight excluding hydrogens is 356 g/mol. The van der Waals surface area contributed by atoms with E-state index in [-0.39, 0.29) is 5.91 Å². The summed E-state index contributed by atoms with van der Waals surface area (Å²) in [5, 5.41) is 6.87. The molecule has 0 unspecified atom stereocenters. The summed E-state index contributed by atoms with van der Waals surface area (Å²) in [4.78, 5) is 18.8. The smallest absolute Gasteiger partial charge is 0.295 e. The van der Waals surface area contributed by atoms with Gasteiger partial charge in [0.15, 0.2) is 5.82 Å². The number of carbonyl (C=O) groups excluding carboxylic acids is 1. The Labute approximate surface area is 151 Å². The van der Waals surface area contributed by atoms with Gasteiger partial charge in [0, 0.05) is 11.3 Å². The molecule has 0 atom stereocenters. The molecule has 0 saturated carbocycles. The van der Waals surface area contributed by atoms with Gasteiger partial charge in [0.2, 0.25) is 0 Å². The average Bonchev–Trinajstić information content (AvgIpc) is 3.31. The number of hydrogen-bond acceptors (Lipinski definition) is 3. The van der Waals surface area contributed by atoms with Gasteiger partial charge in [-0.2, -0.15) is 11.3 Å². The highest BCUT2D eigenvalue weighted by molar-refractivity contribution is 7.08. The van der Waals surface area contributed by atoms with Gasteiger partial charge in [-0.3, -0.25) is 4.79 Å². The van der Waals surface area contributed by atoms with Crippen LogP contribution in [0.5, 0.6) is 0 Å². The molecule has 0 radical (unpaired) electrons. The fourth-order valence-corrected chi connectivity index (χ4v) is 3.35. The summed E-state index contributed by atoms with van der Waals surface area (Å²) in [7, 11) is 0. The number of aromatic amines is 1. The topological polar surface area (TPSA) is 57.8 Å². The zero-order chi connectivity index (χ0) is 18.1. The lowest BCUT2D eigenvalue weighted by Gasteiger charge is -2.07. The second kappa shape index (κ2) is 6.68. The van der Waals surface area contributed by atoms with E-state index in [2.05, 4.69) is 15.3 Å². The third-order valence-electron chi connectivity index (χ3n) is 3.94. The van der Waals surface area contributed by atoms with Crippen LogP contribution in [-0.2, 0) is 0 Å². The van der Waals surface area contributed by atoms with Crippen LogP contribution < -0.4 is 5.32 Å². The predicted octanol–water partition coefficient (Wildman–Crippen LogP) is 5.48. The standard InChI is InChI=1S/C19H13F2N3OS/c20-17(21)18-23-15-5-4-12(9-16(15)24-18)19(25)22-14-3-1-2-11(8-14)13-6-7-26-10-13/h1-10,17H,(H,22,25)(H,23,24). The van der Waals surface area contributed by atoms with Gasteiger partial charge in [0.25, 0.3) is 12.3 Å². The van der Waals surface area contributed by atoms with Gasteiger partial charge in [-0.15, -0.1) is 0 Å². The van der Waals surface area contributed by atoms with Crippen LogP contribution in [0.25, 0.3) is 22.2 Å². The summed E-state index contributed by atoms with van der Waals surface area (Å²) in [6.07, 6.45) is -2.68. The van der Waals surface area contributed by atoms with Gasteiger partial charge >= 0.3 is 0 Å². The average molecular weight is 369 g/mol. The second-order valence-corrected chi connectivity index (χ2v) is 6.48. The second-order valence-electron chi connectivity index (χ2n) is 5.70. The number of rotatable bonds is 4. The van der Waals surface area contributed by atoms with Crippen molar-refractivity contribution in [1.82, 2.24) is 9.97 Å². The number of carbonyl (C=O) groups is 1. The SMILES string of the molecule is O=C(Nc1cccc(-c2ccsc2)c1)c1ccc2nc(C(F)F)[nH]c2c1. The highest BCUT2D eigenvalue weighted by Gasteiger charge is 2.14. The number of H-pyrrole nitrogens is 1. The highest BCUT2D eigenvalue weighted by atomic mass is 32.1. The van der Waals surface area contributed by atoms with Crippen molar-refractivity contribution in [2.45, 2.75) is 6.43 Å². The van der Waals surface area contributed by atoms with E-state index in [1.807, 2.05) is 35.0 Å². The molecular formula is C19H13F2N3OS. The van der Waals surface area contributed by atoms with E-state index in [9.17, 15) is 13.6 Å². The van der Waals surface area contributed by atoms with E-state index in [0.29, 0.717) is 22.3 Å². The number of nitrogens with zero attached hydrogens (tertiary/aromatic N) is 1. The van der Waals surface area contributed by atoms with E-state index in [0.717, 1.165) is 11.1 Å². The zero-order valence-corrected chi connectivity index (χ0v) is 14.2. The first-order valence-electron chi connectivity index (χ1n) is 7.82. The van der Waals surface area contributed by atoms with Crippen molar-refractivity contribution in [3.63, 3.8) is 0 Å². The van der Waals surface area contributed by atoms with E-state index < -0.39 is 12.2 Å². The van der Waals surface area contributed by atoms with Gasteiger partial charge in [0.1, 0.15) is 0 Å². The molecule has 2 heterocycles. The number of amides is 1. The van der Waals surface area contributed by atoms with Gasteiger partial charge in [0.05, 0.1) is 11.0 Å². The van der Waals surface area contributed by atoms with Crippen molar-refractivity contribution in [1.29, 1.82) is 0 Å². The van der Waals surface area contributed by atoms with Crippen LogP contribution in [0.4, 0.5) is 14.5 Å². The summed E-state index contributed by atoms with van der Waals surface area (Å²) in [6.45, 7) is 0. The molecule has 0 aliphatic heterocycles. The molecule has 0 aliphatic rings. The Hall–Kier alpha value is -3.06. The van der Waals surface area contributed by atoms with Crippen molar-refractivity contribution >= 4 is 34.0 Å². The Morgan fingerprint density at radius 2 is 2.00 bits per heavy atom. The van der Waals surface area contributed by atoms with Crippen molar-refractivity contribution in [3.8, 4) is 11.1 Å². The molecule has 2 aromatic heterocycles. The molecule has 0 aliphatic carbocycles. The number of benzene rings is 2. The Morgan fingerprint density at radius 1 is 1.12 bits per heavy atom. The molecule has 0 bridgehead atoms. The van der Waals surface area contributed by atoms with Crippen LogP contribution >= 0.6 is 11.3 Å². The number of imidazole rings is 1. The van der Waals surface area contributed by atoms with Crippen LogP contribution in [0.3, 0.4) is 0 Å². The third-order valence-corrected chi connectivity index (χ3v) is 4.63. The lowest BCUT2D eigenvalue weighted by molar-refractivity contribution is 0.102. The van der Waals surface area contributed by atoms with E-state index in [4.69, 9.17) is 0 Å². The predicted molar refractivity (Wildman–Crippen MR) is 98.8 cm³/mol. The molecule has 0 saturated heterocycles. The number of halogens is 2. The van der Waals surface area contributed by atoms with E-state index >= 15 is 0 Å². The van der Waals surface area contributed by atoms with Crippen LogP contribution in [0.2, 0.25) is 0 Å². The number of anilines is 1. The number of fused-ring (bicyclic) bond motifs is 1. The fourth-order valence-electron chi connectivity index (χ4n) is 2.68. The monoisotopic (exact) mass is 369 g/mol. The third kappa shape index (κ3) is 3.21. The minimum absolute atomic E-state index is 0.317. The van der Waals surface area contributed by atoms with Gasteiger partial charge < -0.3 is 10.3 Å². The first kappa shape index (κ1) is 16.4. The Bertz CT molecular complexity index is 1070. The Morgan fingerprint density at radius 3 is 2.77 bits per heavy atom. The molecule has 2 aromatic carbocycles. The molecule has 130 valence electrons. The van der Waals surface area contributed by atoms with Crippen molar-refractivity contribution in [3.05, 3.63) is 70.7 Å². The van der Waals surface area contributed by atoms with Crippen LogP contribution in [0.15, 0.2) is 59.3 Å². The summed E-state index contributed by atoms with van der Waals surface area (Å²) >= 11 is 1.61. The summed E-state index contributed by atoms with van der Waals surface area (Å²) in [5.41, 5.74) is 3.93. The molecule has 4 rings (SSSR count). The summed E-state index contributed by atoms with van der Waals surface area (Å²) < 4.78 is 25.5. The first-order chi connectivity index (χ1) is 12.6. The van der Waals surface area contributed by atoms with Crippen LogP contribution in [-0.4, -0.2) is 15.9 Å². The normalized spacial score (nSPS) is 11.2. The van der Waals surface area contributed by atoms with Gasteiger partial charge in [-0.25, -0.2) is 13.8 Å². The maximum absolute atomic E-state index is 12.7. The number of alkyl halides is 2. The number of nitrogens with one attached hydrogen (secondary N) is 2. The molecule has 1 amide bonds. The van der Waals surface area contributed by atoms with Crippen molar-refractivity contribution in [2.75, 3.05) is 5.32 Å². The number of thiophene rings is 1. The molecule has 4 nitrogen and oxygen atoms in total.